The summed E-state index contributed by atoms with van der Waals surface area (Å²) in [7, 11) is 0. The average Bonchev–Trinajstić information content (AvgIpc) is 3.34. The van der Waals surface area contributed by atoms with Gasteiger partial charge in [-0.2, -0.15) is 0 Å². The lowest BCUT2D eigenvalue weighted by Crippen LogP contribution is -2.30. The number of aliphatic hydroxyl groups excluding tert-OH is 2. The lowest BCUT2D eigenvalue weighted by atomic mass is 10.0. The van der Waals surface area contributed by atoms with Crippen molar-refractivity contribution in [3.8, 4) is 0 Å². The molecular weight excluding hydrogens is 849 g/mol. The van der Waals surface area contributed by atoms with Gasteiger partial charge in [-0.05, 0) is 25.7 Å². The number of aliphatic hydroxyl groups is 2. The maximum atomic E-state index is 12.9. The van der Waals surface area contributed by atoms with E-state index in [1.807, 2.05) is 0 Å². The van der Waals surface area contributed by atoms with Gasteiger partial charge in [-0.25, -0.2) is 0 Å². The van der Waals surface area contributed by atoms with Crippen molar-refractivity contribution in [1.82, 2.24) is 0 Å². The molecule has 0 rings (SSSR count). The third-order valence-corrected chi connectivity index (χ3v) is 14.0. The van der Waals surface area contributed by atoms with Crippen molar-refractivity contribution in [1.29, 1.82) is 0 Å². The Hall–Kier alpha value is -1.67. The van der Waals surface area contributed by atoms with Gasteiger partial charge in [0.25, 0.3) is 0 Å². The van der Waals surface area contributed by atoms with Crippen molar-refractivity contribution < 1.29 is 38.8 Å². The van der Waals surface area contributed by atoms with Crippen LogP contribution in [-0.2, 0) is 28.6 Å². The quantitative estimate of drug-likeness (QED) is 0.0351. The SMILES string of the molecule is CCCCCCCCCCCCCCCCCC(=O)OCC(COC(=O)CCCCCCCCCCCCCCCCCCC(O)CO)OC(=O)CCCCCCCCCCCCCCCCC. The van der Waals surface area contributed by atoms with Crippen molar-refractivity contribution in [2.75, 3.05) is 19.8 Å². The third kappa shape index (κ3) is 53.7. The van der Waals surface area contributed by atoms with E-state index >= 15 is 0 Å². The zero-order chi connectivity index (χ0) is 49.5. The highest BCUT2D eigenvalue weighted by Crippen LogP contribution is 2.18. The van der Waals surface area contributed by atoms with Crippen LogP contribution < -0.4 is 0 Å². The molecule has 0 fully saturated rings. The molecule has 8 heteroatoms. The molecule has 0 saturated heterocycles. The fourth-order valence-corrected chi connectivity index (χ4v) is 9.37. The van der Waals surface area contributed by atoms with Crippen LogP contribution in [0.25, 0.3) is 0 Å². The highest BCUT2D eigenvalue weighted by atomic mass is 16.6. The minimum Gasteiger partial charge on any atom is -0.462 e. The predicted molar refractivity (Wildman–Crippen MR) is 287 cm³/mol. The lowest BCUT2D eigenvalue weighted by molar-refractivity contribution is -0.167. The van der Waals surface area contributed by atoms with Gasteiger partial charge in [0.1, 0.15) is 13.2 Å². The molecule has 0 bridgehead atoms. The van der Waals surface area contributed by atoms with Gasteiger partial charge < -0.3 is 24.4 Å². The van der Waals surface area contributed by atoms with Gasteiger partial charge in [-0.3, -0.25) is 14.4 Å². The molecule has 0 aliphatic rings. The van der Waals surface area contributed by atoms with E-state index in [1.54, 1.807) is 0 Å². The van der Waals surface area contributed by atoms with Crippen molar-refractivity contribution >= 4 is 17.9 Å². The number of unbranched alkanes of at least 4 members (excludes halogenated alkanes) is 43. The van der Waals surface area contributed by atoms with Crippen LogP contribution in [0.1, 0.15) is 335 Å². The summed E-state index contributed by atoms with van der Waals surface area (Å²) in [6.07, 6.45) is 57.9. The maximum absolute atomic E-state index is 12.9. The molecule has 0 spiro atoms. The molecule has 68 heavy (non-hydrogen) atoms. The molecule has 0 aromatic rings. The third-order valence-electron chi connectivity index (χ3n) is 14.0. The van der Waals surface area contributed by atoms with Crippen LogP contribution in [0.4, 0.5) is 0 Å². The van der Waals surface area contributed by atoms with Gasteiger partial charge in [0.05, 0.1) is 12.7 Å². The summed E-state index contributed by atoms with van der Waals surface area (Å²) >= 11 is 0. The van der Waals surface area contributed by atoms with Crippen LogP contribution in [0.2, 0.25) is 0 Å². The topological polar surface area (TPSA) is 119 Å². The first-order valence-corrected chi connectivity index (χ1v) is 30.2. The first kappa shape index (κ1) is 66.3. The summed E-state index contributed by atoms with van der Waals surface area (Å²) in [5.41, 5.74) is 0. The van der Waals surface area contributed by atoms with E-state index in [9.17, 15) is 19.5 Å². The fourth-order valence-electron chi connectivity index (χ4n) is 9.37. The van der Waals surface area contributed by atoms with Crippen LogP contribution in [0.5, 0.6) is 0 Å². The highest BCUT2D eigenvalue weighted by molar-refractivity contribution is 5.71. The van der Waals surface area contributed by atoms with Crippen molar-refractivity contribution in [3.05, 3.63) is 0 Å². The van der Waals surface area contributed by atoms with Crippen molar-refractivity contribution in [2.24, 2.45) is 0 Å². The standard InChI is InChI=1S/C60H116O8/c1-3-5-7-9-11-13-15-17-21-26-30-34-38-42-46-50-58(63)66-54-57(68-60(65)52-48-44-40-36-32-28-22-18-16-14-12-10-8-6-4-2)55-67-59(64)51-47-43-39-35-31-27-24-20-19-23-25-29-33-37-41-45-49-56(62)53-61/h56-57,61-62H,3-55H2,1-2H3. The number of carbonyl (C=O) groups is 3. The van der Waals surface area contributed by atoms with E-state index in [2.05, 4.69) is 13.8 Å². The highest BCUT2D eigenvalue weighted by Gasteiger charge is 2.19. The fraction of sp³-hybridized carbons (Fsp3) is 0.950. The summed E-state index contributed by atoms with van der Waals surface area (Å²) in [5, 5.41) is 18.3. The molecule has 0 saturated carbocycles. The number of hydrogen-bond acceptors (Lipinski definition) is 8. The Labute approximate surface area is 422 Å². The van der Waals surface area contributed by atoms with Crippen LogP contribution in [0, 0.1) is 0 Å². The Morgan fingerprint density at radius 1 is 0.324 bits per heavy atom. The van der Waals surface area contributed by atoms with Crippen LogP contribution in [-0.4, -0.2) is 60.1 Å². The van der Waals surface area contributed by atoms with Crippen LogP contribution in [0.15, 0.2) is 0 Å². The van der Waals surface area contributed by atoms with E-state index in [0.717, 1.165) is 70.6 Å². The molecule has 2 N–H and O–H groups in total. The van der Waals surface area contributed by atoms with E-state index in [4.69, 9.17) is 19.3 Å². The summed E-state index contributed by atoms with van der Waals surface area (Å²) in [6, 6.07) is 0. The molecule has 2 atom stereocenters. The number of esters is 3. The average molecular weight is 966 g/mol. The molecule has 0 aliphatic heterocycles. The zero-order valence-corrected chi connectivity index (χ0v) is 45.5. The minimum atomic E-state index is -0.775. The first-order chi connectivity index (χ1) is 33.4. The Kier molecular flexibility index (Phi) is 54.9. The largest absolute Gasteiger partial charge is 0.462 e. The summed E-state index contributed by atoms with van der Waals surface area (Å²) in [5.74, 6) is -0.868. The van der Waals surface area contributed by atoms with Crippen LogP contribution >= 0.6 is 0 Å². The Morgan fingerprint density at radius 2 is 0.544 bits per heavy atom. The molecular formula is C60H116O8. The molecule has 8 nitrogen and oxygen atoms in total. The molecule has 0 aromatic heterocycles. The molecule has 404 valence electrons. The molecule has 0 heterocycles. The normalized spacial score (nSPS) is 12.4. The van der Waals surface area contributed by atoms with Crippen molar-refractivity contribution in [3.63, 3.8) is 0 Å². The van der Waals surface area contributed by atoms with Crippen molar-refractivity contribution in [2.45, 2.75) is 347 Å². The number of rotatable bonds is 57. The number of ether oxygens (including phenoxy) is 3. The smallest absolute Gasteiger partial charge is 0.306 e. The maximum Gasteiger partial charge on any atom is 0.306 e. The second-order valence-electron chi connectivity index (χ2n) is 20.9. The summed E-state index contributed by atoms with van der Waals surface area (Å²) in [4.78, 5) is 38.2. The summed E-state index contributed by atoms with van der Waals surface area (Å²) in [6.45, 7) is 4.28. The van der Waals surface area contributed by atoms with E-state index < -0.39 is 12.2 Å². The second kappa shape index (κ2) is 56.2. The minimum absolute atomic E-state index is 0.0736. The molecule has 0 aliphatic carbocycles. The van der Waals surface area contributed by atoms with Gasteiger partial charge in [-0.15, -0.1) is 0 Å². The Morgan fingerprint density at radius 3 is 0.794 bits per heavy atom. The second-order valence-corrected chi connectivity index (χ2v) is 20.9. The summed E-state index contributed by atoms with van der Waals surface area (Å²) < 4.78 is 16.9. The zero-order valence-electron chi connectivity index (χ0n) is 45.5. The molecule has 0 aromatic carbocycles. The number of hydrogen-bond donors (Lipinski definition) is 2. The van der Waals surface area contributed by atoms with E-state index in [0.29, 0.717) is 25.7 Å². The number of carbonyl (C=O) groups excluding carboxylic acids is 3. The van der Waals surface area contributed by atoms with Crippen LogP contribution in [0.3, 0.4) is 0 Å². The molecule has 2 unspecified atom stereocenters. The van der Waals surface area contributed by atoms with E-state index in [1.165, 1.54) is 225 Å². The lowest BCUT2D eigenvalue weighted by Gasteiger charge is -2.18. The predicted octanol–water partition coefficient (Wildman–Crippen LogP) is 17.9. The van der Waals surface area contributed by atoms with Gasteiger partial charge in [0, 0.05) is 19.3 Å². The Balaban J connectivity index is 4.27. The monoisotopic (exact) mass is 965 g/mol. The van der Waals surface area contributed by atoms with Gasteiger partial charge in [0.15, 0.2) is 6.10 Å². The molecule has 0 radical (unpaired) electrons. The van der Waals surface area contributed by atoms with Gasteiger partial charge >= 0.3 is 17.9 Å². The van der Waals surface area contributed by atoms with E-state index in [-0.39, 0.29) is 37.7 Å². The van der Waals surface area contributed by atoms with Gasteiger partial charge in [0.2, 0.25) is 0 Å². The van der Waals surface area contributed by atoms with Gasteiger partial charge in [-0.1, -0.05) is 290 Å². The molecule has 0 amide bonds. The Bertz CT molecular complexity index is 1040. The first-order valence-electron chi connectivity index (χ1n) is 30.2.